The zero-order chi connectivity index (χ0) is 38.2. The number of aliphatic hydroxyl groups excluding tert-OH is 1. The fourth-order valence-corrected chi connectivity index (χ4v) is 7.82. The number of anilines is 1. The predicted octanol–water partition coefficient (Wildman–Crippen LogP) is 5.22. The molecule has 1 aliphatic carbocycles. The molecule has 3 aliphatic rings. The van der Waals surface area contributed by atoms with Crippen molar-refractivity contribution in [3.8, 4) is 17.1 Å². The first-order valence-corrected chi connectivity index (χ1v) is 17.6. The Labute approximate surface area is 310 Å². The second-order valence-corrected chi connectivity index (χ2v) is 14.4. The van der Waals surface area contributed by atoms with E-state index < -0.39 is 47.4 Å². The van der Waals surface area contributed by atoms with Crippen LogP contribution in [0, 0.1) is 0 Å². The number of nitrogens with zero attached hydrogens (tertiary/aromatic N) is 6. The number of nitrogens with one attached hydrogen (secondary N) is 1. The number of rotatable bonds is 7. The Morgan fingerprint density at radius 1 is 1.07 bits per heavy atom. The van der Waals surface area contributed by atoms with Crippen molar-refractivity contribution in [2.24, 2.45) is 0 Å². The Morgan fingerprint density at radius 3 is 2.43 bits per heavy atom. The average Bonchev–Trinajstić information content (AvgIpc) is 3.73. The third-order valence-corrected chi connectivity index (χ3v) is 11.0. The van der Waals surface area contributed by atoms with E-state index in [1.165, 1.54) is 27.8 Å². The van der Waals surface area contributed by atoms with Gasteiger partial charge in [0.2, 0.25) is 11.7 Å². The third kappa shape index (κ3) is 5.97. The number of piperidine rings is 1. The van der Waals surface area contributed by atoms with E-state index in [2.05, 4.69) is 15.4 Å². The molecule has 1 atom stereocenters. The van der Waals surface area contributed by atoms with Gasteiger partial charge in [-0.25, -0.2) is 4.98 Å². The molecule has 0 bridgehead atoms. The van der Waals surface area contributed by atoms with E-state index in [1.54, 1.807) is 19.1 Å². The fraction of sp³-hybridized carbons (Fsp3) is 0.351. The minimum atomic E-state index is -4.63. The number of halogens is 4. The molecule has 0 unspecified atom stereocenters. The van der Waals surface area contributed by atoms with E-state index in [0.717, 1.165) is 41.1 Å². The van der Waals surface area contributed by atoms with Crippen molar-refractivity contribution in [3.05, 3.63) is 104 Å². The van der Waals surface area contributed by atoms with Gasteiger partial charge in [0.05, 0.1) is 40.2 Å². The molecule has 2 aliphatic heterocycles. The lowest BCUT2D eigenvalue weighted by molar-refractivity contribution is -0.137. The number of amides is 2. The summed E-state index contributed by atoms with van der Waals surface area (Å²) in [5, 5.41) is 27.0. The predicted molar refractivity (Wildman–Crippen MR) is 188 cm³/mol. The molecule has 8 rings (SSSR count). The van der Waals surface area contributed by atoms with Gasteiger partial charge in [0, 0.05) is 30.3 Å². The second kappa shape index (κ2) is 12.9. The van der Waals surface area contributed by atoms with Gasteiger partial charge >= 0.3 is 6.18 Å². The monoisotopic (exact) mass is 763 g/mol. The number of carbonyl (C=O) groups is 2. The third-order valence-electron chi connectivity index (χ3n) is 10.7. The standard InChI is InChI=1S/C37H33ClF3N7O6/c1-20-30-28(36(54-20)12-15-46(16-13-36)33(53)29-26(50)3-2-14-42-29)32(52)48-34(44-31(45-48)21-4-6-22(7-5-21)35(19-49)10-11-35)47(30)18-27(51)43-25-9-8-23(17-24(25)38)37(39,40)41/h2-9,14,17,20,49-50H,10-13,15-16,18-19H2,1H3,(H,43,51)/t20-/m1/s1. The summed E-state index contributed by atoms with van der Waals surface area (Å²) < 4.78 is 49.0. The van der Waals surface area contributed by atoms with Gasteiger partial charge in [-0.15, -0.1) is 5.10 Å². The molecule has 0 radical (unpaired) electrons. The lowest BCUT2D eigenvalue weighted by Crippen LogP contribution is -2.47. The quantitative estimate of drug-likeness (QED) is 0.202. The minimum Gasteiger partial charge on any atom is -0.505 e. The summed E-state index contributed by atoms with van der Waals surface area (Å²) in [6, 6.07) is 12.9. The number of alkyl halides is 3. The number of aromatic nitrogens is 5. The van der Waals surface area contributed by atoms with E-state index in [1.807, 2.05) is 12.1 Å². The summed E-state index contributed by atoms with van der Waals surface area (Å²) in [5.74, 6) is -1.15. The van der Waals surface area contributed by atoms with Crippen LogP contribution in [-0.4, -0.2) is 70.8 Å². The second-order valence-electron chi connectivity index (χ2n) is 14.0. The maximum absolute atomic E-state index is 14.5. The van der Waals surface area contributed by atoms with Gasteiger partial charge in [0.15, 0.2) is 11.5 Å². The highest BCUT2D eigenvalue weighted by molar-refractivity contribution is 6.33. The van der Waals surface area contributed by atoms with Crippen LogP contribution in [0.1, 0.15) is 71.6 Å². The SMILES string of the molecule is C[C@H]1OC2(CCN(C(=O)c3ncccc3O)CC2)c2c1n(CC(=O)Nc1ccc(C(F)(F)F)cc1Cl)c1nc(-c3ccc(C4(CO)CC4)cc3)nn1c2=O. The van der Waals surface area contributed by atoms with Crippen molar-refractivity contribution >= 4 is 34.9 Å². The topological polar surface area (TPSA) is 164 Å². The summed E-state index contributed by atoms with van der Waals surface area (Å²) in [7, 11) is 0. The molecular formula is C37H33ClF3N7O6. The minimum absolute atomic E-state index is 0.0311. The molecule has 2 amide bonds. The van der Waals surface area contributed by atoms with Crippen LogP contribution in [0.5, 0.6) is 5.75 Å². The first-order chi connectivity index (χ1) is 25.7. The number of ether oxygens (including phenoxy) is 1. The summed E-state index contributed by atoms with van der Waals surface area (Å²) >= 11 is 6.15. The van der Waals surface area contributed by atoms with Gasteiger partial charge in [0.1, 0.15) is 17.9 Å². The van der Waals surface area contributed by atoms with Gasteiger partial charge in [0.25, 0.3) is 11.5 Å². The molecule has 3 N–H and O–H groups in total. The highest BCUT2D eigenvalue weighted by Crippen LogP contribution is 2.49. The number of aliphatic hydroxyl groups is 1. The lowest BCUT2D eigenvalue weighted by Gasteiger charge is -2.39. The zero-order valence-electron chi connectivity index (χ0n) is 28.7. The van der Waals surface area contributed by atoms with Gasteiger partial charge < -0.3 is 29.7 Å². The number of pyridine rings is 1. The van der Waals surface area contributed by atoms with Crippen molar-refractivity contribution in [2.75, 3.05) is 25.0 Å². The van der Waals surface area contributed by atoms with E-state index in [-0.39, 0.29) is 77.3 Å². The number of hydrogen-bond donors (Lipinski definition) is 3. The molecule has 2 aromatic carbocycles. The number of aromatic hydroxyl groups is 1. The van der Waals surface area contributed by atoms with Crippen molar-refractivity contribution < 1.29 is 37.7 Å². The van der Waals surface area contributed by atoms with Gasteiger partial charge in [-0.2, -0.15) is 22.7 Å². The normalized spacial score (nSPS) is 18.6. The highest BCUT2D eigenvalue weighted by atomic mass is 35.5. The first kappa shape index (κ1) is 35.7. The summed E-state index contributed by atoms with van der Waals surface area (Å²) in [4.78, 5) is 51.7. The van der Waals surface area contributed by atoms with Crippen molar-refractivity contribution in [1.29, 1.82) is 0 Å². The molecule has 280 valence electrons. The fourth-order valence-electron chi connectivity index (χ4n) is 7.59. The van der Waals surface area contributed by atoms with Crippen LogP contribution in [0.3, 0.4) is 0 Å². The number of likely N-dealkylation sites (tertiary alicyclic amines) is 1. The molecular weight excluding hydrogens is 731 g/mol. The molecule has 2 fully saturated rings. The van der Waals surface area contributed by atoms with Crippen LogP contribution >= 0.6 is 11.6 Å². The Kier molecular flexibility index (Phi) is 8.54. The van der Waals surface area contributed by atoms with Gasteiger partial charge in [-0.05, 0) is 68.5 Å². The summed E-state index contributed by atoms with van der Waals surface area (Å²) in [6.07, 6.45) is -1.80. The highest BCUT2D eigenvalue weighted by Gasteiger charge is 2.51. The van der Waals surface area contributed by atoms with Gasteiger partial charge in [-0.3, -0.25) is 14.4 Å². The molecule has 1 saturated heterocycles. The largest absolute Gasteiger partial charge is 0.505 e. The van der Waals surface area contributed by atoms with E-state index in [9.17, 15) is 37.8 Å². The number of carbonyl (C=O) groups excluding carboxylic acids is 2. The first-order valence-electron chi connectivity index (χ1n) is 17.3. The van der Waals surface area contributed by atoms with Crippen LogP contribution < -0.4 is 10.9 Å². The smallest absolute Gasteiger partial charge is 0.416 e. The van der Waals surface area contributed by atoms with Crippen LogP contribution in [0.2, 0.25) is 5.02 Å². The summed E-state index contributed by atoms with van der Waals surface area (Å²) in [5.41, 5.74) is -0.865. The summed E-state index contributed by atoms with van der Waals surface area (Å²) in [6.45, 7) is 1.65. The molecule has 3 aromatic heterocycles. The lowest BCUT2D eigenvalue weighted by atomic mass is 9.85. The van der Waals surface area contributed by atoms with Crippen LogP contribution in [0.25, 0.3) is 17.2 Å². The number of benzene rings is 2. The maximum Gasteiger partial charge on any atom is 0.416 e. The van der Waals surface area contributed by atoms with Crippen molar-refractivity contribution in [1.82, 2.24) is 29.0 Å². The number of hydrogen-bond acceptors (Lipinski definition) is 9. The Balaban J connectivity index is 1.18. The molecule has 54 heavy (non-hydrogen) atoms. The van der Waals surface area contributed by atoms with E-state index >= 15 is 0 Å². The van der Waals surface area contributed by atoms with Gasteiger partial charge in [-0.1, -0.05) is 35.9 Å². The molecule has 13 nitrogen and oxygen atoms in total. The van der Waals surface area contributed by atoms with Crippen LogP contribution in [0.15, 0.2) is 65.6 Å². The van der Waals surface area contributed by atoms with Crippen LogP contribution in [-0.2, 0) is 33.3 Å². The Hall–Kier alpha value is -5.32. The Morgan fingerprint density at radius 2 is 1.80 bits per heavy atom. The Bertz CT molecular complexity index is 2380. The zero-order valence-corrected chi connectivity index (χ0v) is 29.5. The van der Waals surface area contributed by atoms with Crippen LogP contribution in [0.4, 0.5) is 18.9 Å². The molecule has 17 heteroatoms. The van der Waals surface area contributed by atoms with Crippen molar-refractivity contribution in [2.45, 2.75) is 62.4 Å². The molecule has 1 saturated carbocycles. The average molecular weight is 764 g/mol. The maximum atomic E-state index is 14.5. The van der Waals surface area contributed by atoms with E-state index in [4.69, 9.17) is 21.3 Å². The molecule has 5 aromatic rings. The molecule has 1 spiro atoms. The molecule has 5 heterocycles. The number of fused-ring (bicyclic) bond motifs is 3. The van der Waals surface area contributed by atoms with E-state index in [0.29, 0.717) is 11.3 Å². The van der Waals surface area contributed by atoms with Crippen molar-refractivity contribution in [3.63, 3.8) is 0 Å².